The van der Waals surface area contributed by atoms with Crippen LogP contribution in [0.4, 0.5) is 0 Å². The summed E-state index contributed by atoms with van der Waals surface area (Å²) in [4.78, 5) is 0.394. The molecule has 114 valence electrons. The minimum atomic E-state index is -3.40. The van der Waals surface area contributed by atoms with Crippen LogP contribution in [-0.4, -0.2) is 28.1 Å². The predicted molar refractivity (Wildman–Crippen MR) is 83.3 cm³/mol. The van der Waals surface area contributed by atoms with Crippen LogP contribution >= 0.6 is 0 Å². The first-order valence-corrected chi connectivity index (χ1v) is 8.63. The van der Waals surface area contributed by atoms with E-state index in [1.807, 2.05) is 19.2 Å². The molecule has 0 heterocycles. The van der Waals surface area contributed by atoms with E-state index in [9.17, 15) is 8.42 Å². The van der Waals surface area contributed by atoms with Crippen molar-refractivity contribution in [3.63, 3.8) is 0 Å². The van der Waals surface area contributed by atoms with Crippen molar-refractivity contribution in [1.82, 2.24) is 10.0 Å². The molecule has 0 fully saturated rings. The Balaban J connectivity index is 3.01. The van der Waals surface area contributed by atoms with E-state index in [0.29, 0.717) is 17.4 Å². The van der Waals surface area contributed by atoms with E-state index in [-0.39, 0.29) is 6.04 Å². The molecule has 0 saturated heterocycles. The van der Waals surface area contributed by atoms with Crippen molar-refractivity contribution in [3.05, 3.63) is 29.8 Å². The van der Waals surface area contributed by atoms with Crippen LogP contribution in [0.2, 0.25) is 0 Å². The summed E-state index contributed by atoms with van der Waals surface area (Å²) in [6.45, 7) is 6.53. The molecule has 5 heteroatoms. The number of benzene rings is 1. The van der Waals surface area contributed by atoms with Gasteiger partial charge in [0.05, 0.1) is 4.90 Å². The zero-order chi connectivity index (χ0) is 15.2. The second-order valence-corrected chi connectivity index (χ2v) is 7.16. The van der Waals surface area contributed by atoms with Crippen molar-refractivity contribution in [2.75, 3.05) is 13.6 Å². The quantitative estimate of drug-likeness (QED) is 0.773. The van der Waals surface area contributed by atoms with E-state index in [1.165, 1.54) is 0 Å². The average Bonchev–Trinajstić information content (AvgIpc) is 2.37. The minimum Gasteiger partial charge on any atom is -0.317 e. The van der Waals surface area contributed by atoms with E-state index < -0.39 is 10.0 Å². The molecule has 0 radical (unpaired) electrons. The third-order valence-electron chi connectivity index (χ3n) is 3.23. The summed E-state index contributed by atoms with van der Waals surface area (Å²) < 4.78 is 27.0. The lowest BCUT2D eigenvalue weighted by molar-refractivity contribution is 0.439. The van der Waals surface area contributed by atoms with Crippen LogP contribution in [0.1, 0.15) is 32.8 Å². The summed E-state index contributed by atoms with van der Waals surface area (Å²) in [5, 5.41) is 3.28. The molecule has 1 aromatic rings. The van der Waals surface area contributed by atoms with Crippen LogP contribution in [0.3, 0.4) is 0 Å². The fraction of sp³-hybridized carbons (Fsp3) is 0.600. The van der Waals surface area contributed by atoms with Gasteiger partial charge in [0, 0.05) is 12.6 Å². The van der Waals surface area contributed by atoms with Crippen molar-refractivity contribution >= 4 is 10.0 Å². The van der Waals surface area contributed by atoms with E-state index >= 15 is 0 Å². The van der Waals surface area contributed by atoms with Gasteiger partial charge in [-0.25, -0.2) is 13.1 Å². The maximum atomic E-state index is 12.2. The Morgan fingerprint density at radius 3 is 2.40 bits per heavy atom. The minimum absolute atomic E-state index is 0.285. The van der Waals surface area contributed by atoms with Crippen LogP contribution in [0.25, 0.3) is 0 Å². The summed E-state index contributed by atoms with van der Waals surface area (Å²) in [5.74, 6) is 0.574. The van der Waals surface area contributed by atoms with Gasteiger partial charge in [0.2, 0.25) is 10.0 Å². The third-order valence-corrected chi connectivity index (χ3v) is 4.87. The maximum absolute atomic E-state index is 12.2. The predicted octanol–water partition coefficient (Wildman–Crippen LogP) is 2.16. The highest BCUT2D eigenvalue weighted by Gasteiger charge is 2.19. The van der Waals surface area contributed by atoms with Gasteiger partial charge in [0.1, 0.15) is 0 Å². The topological polar surface area (TPSA) is 58.2 Å². The zero-order valence-electron chi connectivity index (χ0n) is 12.8. The van der Waals surface area contributed by atoms with Crippen molar-refractivity contribution in [2.24, 2.45) is 5.92 Å². The van der Waals surface area contributed by atoms with Gasteiger partial charge < -0.3 is 5.32 Å². The van der Waals surface area contributed by atoms with Crippen molar-refractivity contribution < 1.29 is 8.42 Å². The first-order chi connectivity index (χ1) is 9.40. The Hall–Kier alpha value is -0.910. The van der Waals surface area contributed by atoms with Crippen molar-refractivity contribution in [2.45, 2.75) is 44.6 Å². The molecule has 2 N–H and O–H groups in total. The van der Waals surface area contributed by atoms with E-state index in [0.717, 1.165) is 18.4 Å². The summed E-state index contributed by atoms with van der Waals surface area (Å²) >= 11 is 0. The van der Waals surface area contributed by atoms with Gasteiger partial charge in [-0.2, -0.15) is 0 Å². The summed E-state index contributed by atoms with van der Waals surface area (Å²) in [6, 6.07) is 7.52. The summed E-state index contributed by atoms with van der Waals surface area (Å²) in [6.07, 6.45) is 1.74. The van der Waals surface area contributed by atoms with Crippen molar-refractivity contribution in [1.29, 1.82) is 0 Å². The van der Waals surface area contributed by atoms with E-state index in [1.54, 1.807) is 19.1 Å². The zero-order valence-corrected chi connectivity index (χ0v) is 13.6. The number of nitrogens with one attached hydrogen (secondary N) is 2. The lowest BCUT2D eigenvalue weighted by Crippen LogP contribution is -2.31. The van der Waals surface area contributed by atoms with Crippen LogP contribution in [0.5, 0.6) is 0 Å². The summed E-state index contributed by atoms with van der Waals surface area (Å²) in [5.41, 5.74) is 0.869. The molecular formula is C15H26N2O2S. The number of hydrogen-bond acceptors (Lipinski definition) is 3. The molecule has 0 aromatic heterocycles. The Labute approximate surface area is 123 Å². The molecule has 1 aromatic carbocycles. The Morgan fingerprint density at radius 1 is 1.20 bits per heavy atom. The fourth-order valence-corrected chi connectivity index (χ4v) is 3.63. The molecule has 20 heavy (non-hydrogen) atoms. The number of sulfonamides is 1. The lowest BCUT2D eigenvalue weighted by Gasteiger charge is -2.20. The first-order valence-electron chi connectivity index (χ1n) is 7.15. The number of rotatable bonds is 8. The second-order valence-electron chi connectivity index (χ2n) is 5.43. The molecule has 0 aliphatic heterocycles. The molecule has 0 bridgehead atoms. The molecule has 4 nitrogen and oxygen atoms in total. The Bertz CT molecular complexity index is 512. The molecular weight excluding hydrogens is 272 g/mol. The van der Waals surface area contributed by atoms with Gasteiger partial charge >= 0.3 is 0 Å². The van der Waals surface area contributed by atoms with Gasteiger partial charge in [-0.3, -0.25) is 0 Å². The molecule has 0 aliphatic rings. The van der Waals surface area contributed by atoms with Gasteiger partial charge in [0.25, 0.3) is 0 Å². The molecule has 1 rings (SSSR count). The maximum Gasteiger partial charge on any atom is 0.240 e. The van der Waals surface area contributed by atoms with Crippen LogP contribution in [-0.2, 0) is 16.4 Å². The van der Waals surface area contributed by atoms with Gasteiger partial charge in [-0.1, -0.05) is 39.0 Å². The molecule has 1 atom stereocenters. The normalized spacial score (nSPS) is 13.7. The second kappa shape index (κ2) is 7.76. The van der Waals surface area contributed by atoms with E-state index in [2.05, 4.69) is 23.9 Å². The van der Waals surface area contributed by atoms with Crippen LogP contribution in [0, 0.1) is 5.92 Å². The molecule has 0 spiro atoms. The molecule has 0 saturated carbocycles. The summed E-state index contributed by atoms with van der Waals surface area (Å²) in [7, 11) is -1.48. The molecule has 1 unspecified atom stereocenters. The fourth-order valence-electron chi connectivity index (χ4n) is 2.34. The number of likely N-dealkylation sites (N-methyl/N-ethyl adjacent to an activating group) is 1. The number of hydrogen-bond donors (Lipinski definition) is 2. The average molecular weight is 298 g/mol. The standard InChI is InChI=1S/C15H26N2O2S/c1-5-17-20(18,19)15-9-7-6-8-13(15)11-14(16-4)10-12(2)3/h6-9,12,14,16-17H,5,10-11H2,1-4H3. The van der Waals surface area contributed by atoms with Crippen molar-refractivity contribution in [3.8, 4) is 0 Å². The third kappa shape index (κ3) is 4.89. The molecule has 0 aliphatic carbocycles. The Kier molecular flexibility index (Phi) is 6.65. The highest BCUT2D eigenvalue weighted by molar-refractivity contribution is 7.89. The molecule has 0 amide bonds. The highest BCUT2D eigenvalue weighted by Crippen LogP contribution is 2.19. The van der Waals surface area contributed by atoms with Gasteiger partial charge in [-0.05, 0) is 37.4 Å². The Morgan fingerprint density at radius 2 is 1.85 bits per heavy atom. The van der Waals surface area contributed by atoms with E-state index in [4.69, 9.17) is 0 Å². The first kappa shape index (κ1) is 17.1. The lowest BCUT2D eigenvalue weighted by atomic mass is 9.97. The smallest absolute Gasteiger partial charge is 0.240 e. The van der Waals surface area contributed by atoms with Gasteiger partial charge in [0.15, 0.2) is 0 Å². The van der Waals surface area contributed by atoms with Crippen LogP contribution in [0.15, 0.2) is 29.2 Å². The largest absolute Gasteiger partial charge is 0.317 e. The monoisotopic (exact) mass is 298 g/mol. The van der Waals surface area contributed by atoms with Crippen LogP contribution < -0.4 is 10.0 Å². The highest BCUT2D eigenvalue weighted by atomic mass is 32.2. The van der Waals surface area contributed by atoms with Gasteiger partial charge in [-0.15, -0.1) is 0 Å². The SMILES string of the molecule is CCNS(=O)(=O)c1ccccc1CC(CC(C)C)NC.